The summed E-state index contributed by atoms with van der Waals surface area (Å²) in [6.45, 7) is 0.595. The number of hydrogen-bond donors (Lipinski definition) is 0. The molecule has 0 saturated heterocycles. The Morgan fingerprint density at radius 1 is 1.20 bits per heavy atom. The Morgan fingerprint density at radius 2 is 1.67 bits per heavy atom. The zero-order chi connectivity index (χ0) is 11.7. The Balaban J connectivity index is 3.32. The first kappa shape index (κ1) is 11.6. The molecule has 0 bridgehead atoms. The van der Waals surface area contributed by atoms with E-state index in [0.717, 1.165) is 12.1 Å². The first-order chi connectivity index (χ1) is 6.80. The smallest absolute Gasteiger partial charge is 0.403 e. The average molecular weight is 217 g/mol. The maximum atomic E-state index is 12.6. The van der Waals surface area contributed by atoms with Gasteiger partial charge in [0.15, 0.2) is 0 Å². The predicted molar refractivity (Wildman–Crippen MR) is 44.9 cm³/mol. The molecule has 0 aliphatic heterocycles. The van der Waals surface area contributed by atoms with Crippen LogP contribution in [-0.4, -0.2) is 12.1 Å². The molecule has 0 N–H and O–H groups in total. The summed E-state index contributed by atoms with van der Waals surface area (Å²) in [4.78, 5) is 10.6. The molecule has 0 radical (unpaired) electrons. The lowest BCUT2D eigenvalue weighted by Gasteiger charge is -2.33. The number of carboxylic acids is 1. The van der Waals surface area contributed by atoms with E-state index < -0.39 is 17.6 Å². The molecule has 15 heavy (non-hydrogen) atoms. The Labute approximate surface area is 84.3 Å². The lowest BCUT2D eigenvalue weighted by atomic mass is 9.82. The number of aliphatic carboxylic acids is 1. The molecule has 1 aromatic rings. The van der Waals surface area contributed by atoms with Crippen LogP contribution < -0.4 is 5.11 Å². The van der Waals surface area contributed by atoms with Gasteiger partial charge in [-0.15, -0.1) is 0 Å². The van der Waals surface area contributed by atoms with Crippen molar-refractivity contribution in [1.82, 2.24) is 0 Å². The number of alkyl halides is 3. The van der Waals surface area contributed by atoms with E-state index in [-0.39, 0.29) is 5.56 Å². The van der Waals surface area contributed by atoms with E-state index in [1.54, 1.807) is 0 Å². The van der Waals surface area contributed by atoms with Crippen molar-refractivity contribution in [2.45, 2.75) is 18.5 Å². The SMILES string of the molecule is C[C@@](C(=O)[O-])(c1ccccc1)C(F)(F)F. The highest BCUT2D eigenvalue weighted by atomic mass is 19.4. The molecule has 0 aliphatic rings. The van der Waals surface area contributed by atoms with E-state index >= 15 is 0 Å². The summed E-state index contributed by atoms with van der Waals surface area (Å²) in [5.74, 6) is -2.15. The van der Waals surface area contributed by atoms with Crippen LogP contribution in [0.15, 0.2) is 30.3 Å². The Bertz CT molecular complexity index is 359. The second-order valence-corrected chi connectivity index (χ2v) is 3.28. The van der Waals surface area contributed by atoms with Crippen molar-refractivity contribution < 1.29 is 23.1 Å². The molecule has 0 spiro atoms. The van der Waals surface area contributed by atoms with E-state index in [0.29, 0.717) is 6.92 Å². The van der Waals surface area contributed by atoms with Gasteiger partial charge >= 0.3 is 6.18 Å². The molecular weight excluding hydrogens is 209 g/mol. The molecule has 0 unspecified atom stereocenters. The minimum absolute atomic E-state index is 0.336. The molecule has 82 valence electrons. The van der Waals surface area contributed by atoms with Crippen LogP contribution in [0, 0.1) is 0 Å². The van der Waals surface area contributed by atoms with E-state index in [1.807, 2.05) is 0 Å². The molecule has 1 rings (SSSR count). The zero-order valence-corrected chi connectivity index (χ0v) is 7.84. The normalized spacial score (nSPS) is 15.7. The van der Waals surface area contributed by atoms with Gasteiger partial charge in [-0.2, -0.15) is 13.2 Å². The number of rotatable bonds is 2. The molecule has 0 aliphatic carbocycles. The van der Waals surface area contributed by atoms with Gasteiger partial charge in [0, 0.05) is 0 Å². The van der Waals surface area contributed by atoms with Crippen LogP contribution in [0.2, 0.25) is 0 Å². The fourth-order valence-corrected chi connectivity index (χ4v) is 1.17. The number of hydrogen-bond acceptors (Lipinski definition) is 2. The van der Waals surface area contributed by atoms with Crippen LogP contribution in [0.4, 0.5) is 13.2 Å². The fourth-order valence-electron chi connectivity index (χ4n) is 1.17. The largest absolute Gasteiger partial charge is 0.549 e. The molecule has 0 aromatic heterocycles. The number of benzene rings is 1. The summed E-state index contributed by atoms with van der Waals surface area (Å²) in [5, 5.41) is 10.6. The third-order valence-corrected chi connectivity index (χ3v) is 2.33. The number of carbonyl (C=O) groups excluding carboxylic acids is 1. The Hall–Kier alpha value is -1.52. The Kier molecular flexibility index (Phi) is 2.75. The van der Waals surface area contributed by atoms with Gasteiger partial charge < -0.3 is 9.90 Å². The van der Waals surface area contributed by atoms with Crippen LogP contribution in [-0.2, 0) is 10.2 Å². The first-order valence-electron chi connectivity index (χ1n) is 4.14. The maximum Gasteiger partial charge on any atom is 0.403 e. The summed E-state index contributed by atoms with van der Waals surface area (Å²) < 4.78 is 37.9. The first-order valence-corrected chi connectivity index (χ1v) is 4.14. The quantitative estimate of drug-likeness (QED) is 0.748. The van der Waals surface area contributed by atoms with Gasteiger partial charge in [0.2, 0.25) is 0 Å². The molecule has 0 saturated carbocycles. The monoisotopic (exact) mass is 217 g/mol. The summed E-state index contributed by atoms with van der Waals surface area (Å²) in [6.07, 6.45) is -4.88. The summed E-state index contributed by atoms with van der Waals surface area (Å²) in [7, 11) is 0. The molecule has 2 nitrogen and oxygen atoms in total. The van der Waals surface area contributed by atoms with Crippen LogP contribution in [0.3, 0.4) is 0 Å². The highest BCUT2D eigenvalue weighted by molar-refractivity contribution is 5.80. The van der Waals surface area contributed by atoms with Gasteiger partial charge in [-0.05, 0) is 12.5 Å². The standard InChI is InChI=1S/C10H9F3O2/c1-9(8(14)15,10(11,12)13)7-5-3-2-4-6-7/h2-6H,1H3,(H,14,15)/p-1/t9-/m0/s1. The van der Waals surface area contributed by atoms with Crippen LogP contribution in [0.1, 0.15) is 12.5 Å². The highest BCUT2D eigenvalue weighted by Gasteiger charge is 2.53. The highest BCUT2D eigenvalue weighted by Crippen LogP contribution is 2.40. The number of carboxylic acid groups (broad SMARTS) is 1. The average Bonchev–Trinajstić information content (AvgIpc) is 2.16. The van der Waals surface area contributed by atoms with Crippen LogP contribution >= 0.6 is 0 Å². The van der Waals surface area contributed by atoms with Crippen molar-refractivity contribution in [2.24, 2.45) is 0 Å². The van der Waals surface area contributed by atoms with Crippen molar-refractivity contribution in [3.05, 3.63) is 35.9 Å². The van der Waals surface area contributed by atoms with Gasteiger partial charge in [-0.1, -0.05) is 30.3 Å². The van der Waals surface area contributed by atoms with E-state index in [4.69, 9.17) is 0 Å². The zero-order valence-electron chi connectivity index (χ0n) is 7.84. The molecule has 1 atom stereocenters. The molecular formula is C10H8F3O2-. The lowest BCUT2D eigenvalue weighted by Crippen LogP contribution is -2.53. The van der Waals surface area contributed by atoms with Gasteiger partial charge in [0.05, 0.1) is 5.97 Å². The molecule has 1 aromatic carbocycles. The van der Waals surface area contributed by atoms with Crippen molar-refractivity contribution in [3.63, 3.8) is 0 Å². The minimum atomic E-state index is -4.88. The minimum Gasteiger partial charge on any atom is -0.549 e. The van der Waals surface area contributed by atoms with Crippen molar-refractivity contribution >= 4 is 5.97 Å². The molecule has 5 heteroatoms. The summed E-state index contributed by atoms with van der Waals surface area (Å²) in [6, 6.07) is 6.44. The van der Waals surface area contributed by atoms with Gasteiger partial charge in [-0.25, -0.2) is 0 Å². The van der Waals surface area contributed by atoms with Gasteiger partial charge in [-0.3, -0.25) is 0 Å². The van der Waals surface area contributed by atoms with Crippen molar-refractivity contribution in [3.8, 4) is 0 Å². The van der Waals surface area contributed by atoms with Crippen molar-refractivity contribution in [1.29, 1.82) is 0 Å². The van der Waals surface area contributed by atoms with Crippen molar-refractivity contribution in [2.75, 3.05) is 0 Å². The second-order valence-electron chi connectivity index (χ2n) is 3.28. The fraction of sp³-hybridized carbons (Fsp3) is 0.300. The molecule has 0 fully saturated rings. The third-order valence-electron chi connectivity index (χ3n) is 2.33. The Morgan fingerprint density at radius 3 is 2.00 bits per heavy atom. The third kappa shape index (κ3) is 1.82. The van der Waals surface area contributed by atoms with E-state index in [9.17, 15) is 23.1 Å². The van der Waals surface area contributed by atoms with Gasteiger partial charge in [0.25, 0.3) is 0 Å². The number of halogens is 3. The van der Waals surface area contributed by atoms with Gasteiger partial charge in [0.1, 0.15) is 5.41 Å². The second kappa shape index (κ2) is 3.56. The number of carbonyl (C=O) groups is 1. The molecule has 0 heterocycles. The molecule has 0 amide bonds. The van der Waals surface area contributed by atoms with Crippen LogP contribution in [0.5, 0.6) is 0 Å². The maximum absolute atomic E-state index is 12.6. The van der Waals surface area contributed by atoms with Crippen LogP contribution in [0.25, 0.3) is 0 Å². The lowest BCUT2D eigenvalue weighted by molar-refractivity contribution is -0.329. The predicted octanol–water partition coefficient (Wildman–Crippen LogP) is 1.26. The summed E-state index contributed by atoms with van der Waals surface area (Å²) in [5.41, 5.74) is -3.30. The van der Waals surface area contributed by atoms with E-state index in [2.05, 4.69) is 0 Å². The summed E-state index contributed by atoms with van der Waals surface area (Å²) >= 11 is 0. The van der Waals surface area contributed by atoms with E-state index in [1.165, 1.54) is 18.2 Å². The topological polar surface area (TPSA) is 40.1 Å².